The summed E-state index contributed by atoms with van der Waals surface area (Å²) in [5, 5.41) is 19.2. The van der Waals surface area contributed by atoms with Crippen LogP contribution in [0.3, 0.4) is 0 Å². The van der Waals surface area contributed by atoms with Crippen LogP contribution in [0.4, 0.5) is 10.7 Å². The molecule has 0 aliphatic carbocycles. The van der Waals surface area contributed by atoms with Gasteiger partial charge in [-0.1, -0.05) is 0 Å². The van der Waals surface area contributed by atoms with Crippen molar-refractivity contribution in [1.82, 2.24) is 0 Å². The number of rotatable bonds is 3. The molecule has 2 heterocycles. The summed E-state index contributed by atoms with van der Waals surface area (Å²) in [5.41, 5.74) is 6.60. The van der Waals surface area contributed by atoms with E-state index in [9.17, 15) is 10.1 Å². The number of nitrogens with two attached hydrogens (primary N) is 1. The van der Waals surface area contributed by atoms with Crippen LogP contribution in [0.15, 0.2) is 0 Å². The van der Waals surface area contributed by atoms with Crippen molar-refractivity contribution < 1.29 is 9.90 Å². The Morgan fingerprint density at radius 3 is 2.68 bits per heavy atom. The number of nitrogen functional groups attached to an aromatic ring is 1. The van der Waals surface area contributed by atoms with Gasteiger partial charge in [-0.15, -0.1) is 11.3 Å². The number of Topliss-reactive ketones (excluding diaryl/α,β-unsaturated/α-hetero) is 1. The first-order valence-electron chi connectivity index (χ1n) is 6.27. The fraction of sp³-hybridized carbons (Fsp3) is 0.538. The Morgan fingerprint density at radius 2 is 2.21 bits per heavy atom. The third-order valence-corrected chi connectivity index (χ3v) is 4.89. The lowest BCUT2D eigenvalue weighted by Crippen LogP contribution is -2.34. The number of hydrogen-bond acceptors (Lipinski definition) is 6. The standard InChI is InChI=1S/C13H17N3O2S/c1-8(18)12-11(15)10(6-14)13(19-12)16-4-2-9(7-17)3-5-16/h9,17H,2-5,7,15H2,1H3. The molecule has 1 aromatic heterocycles. The van der Waals surface area contributed by atoms with Crippen LogP contribution in [-0.2, 0) is 0 Å². The van der Waals surface area contributed by atoms with Crippen molar-refractivity contribution in [3.8, 4) is 6.07 Å². The van der Waals surface area contributed by atoms with Gasteiger partial charge in [0.1, 0.15) is 16.6 Å². The lowest BCUT2D eigenvalue weighted by Gasteiger charge is -2.31. The maximum Gasteiger partial charge on any atom is 0.171 e. The SMILES string of the molecule is CC(=O)c1sc(N2CCC(CO)CC2)c(C#N)c1N. The number of nitriles is 1. The molecule has 5 nitrogen and oxygen atoms in total. The predicted molar refractivity (Wildman–Crippen MR) is 75.5 cm³/mol. The van der Waals surface area contributed by atoms with Crippen molar-refractivity contribution in [2.75, 3.05) is 30.3 Å². The zero-order valence-electron chi connectivity index (χ0n) is 10.8. The zero-order valence-corrected chi connectivity index (χ0v) is 11.7. The van der Waals surface area contributed by atoms with Gasteiger partial charge < -0.3 is 15.7 Å². The summed E-state index contributed by atoms with van der Waals surface area (Å²) in [7, 11) is 0. The third-order valence-electron chi connectivity index (χ3n) is 3.52. The summed E-state index contributed by atoms with van der Waals surface area (Å²) in [5.74, 6) is 0.238. The van der Waals surface area contributed by atoms with Gasteiger partial charge in [0.2, 0.25) is 0 Å². The topological polar surface area (TPSA) is 90.4 Å². The van der Waals surface area contributed by atoms with Crippen molar-refractivity contribution in [1.29, 1.82) is 5.26 Å². The molecule has 19 heavy (non-hydrogen) atoms. The number of ketones is 1. The van der Waals surface area contributed by atoms with Crippen LogP contribution in [0.2, 0.25) is 0 Å². The number of carbonyl (C=O) groups excluding carboxylic acids is 1. The van der Waals surface area contributed by atoms with Crippen LogP contribution >= 0.6 is 11.3 Å². The second-order valence-electron chi connectivity index (χ2n) is 4.81. The van der Waals surface area contributed by atoms with Gasteiger partial charge in [0, 0.05) is 26.6 Å². The van der Waals surface area contributed by atoms with Crippen LogP contribution in [0.1, 0.15) is 35.0 Å². The molecular formula is C13H17N3O2S. The zero-order chi connectivity index (χ0) is 14.0. The minimum atomic E-state index is -0.101. The number of carbonyl (C=O) groups is 1. The molecule has 0 bridgehead atoms. The van der Waals surface area contributed by atoms with E-state index >= 15 is 0 Å². The summed E-state index contributed by atoms with van der Waals surface area (Å²) in [6.07, 6.45) is 1.79. The minimum absolute atomic E-state index is 0.101. The number of thiophene rings is 1. The first-order chi connectivity index (χ1) is 9.08. The molecule has 1 aromatic rings. The van der Waals surface area contributed by atoms with E-state index in [0.717, 1.165) is 30.9 Å². The quantitative estimate of drug-likeness (QED) is 0.820. The molecule has 0 atom stereocenters. The summed E-state index contributed by atoms with van der Waals surface area (Å²) in [6, 6.07) is 2.10. The Labute approximate surface area is 116 Å². The first kappa shape index (κ1) is 13.8. The summed E-state index contributed by atoms with van der Waals surface area (Å²) in [4.78, 5) is 14.1. The Hall–Kier alpha value is -1.58. The Balaban J connectivity index is 2.28. The van der Waals surface area contributed by atoms with Crippen LogP contribution < -0.4 is 10.6 Å². The maximum absolute atomic E-state index is 11.5. The molecule has 0 saturated carbocycles. The van der Waals surface area contributed by atoms with E-state index in [1.165, 1.54) is 18.3 Å². The molecule has 1 fully saturated rings. The number of aliphatic hydroxyl groups is 1. The molecule has 1 saturated heterocycles. The third kappa shape index (κ3) is 2.57. The van der Waals surface area contributed by atoms with Crippen molar-refractivity contribution in [3.63, 3.8) is 0 Å². The highest BCUT2D eigenvalue weighted by Gasteiger charge is 2.26. The fourth-order valence-electron chi connectivity index (χ4n) is 2.34. The predicted octanol–water partition coefficient (Wildman–Crippen LogP) is 1.61. The molecule has 6 heteroatoms. The maximum atomic E-state index is 11.5. The molecule has 0 spiro atoms. The average Bonchev–Trinajstić information content (AvgIpc) is 2.76. The molecule has 3 N–H and O–H groups in total. The number of anilines is 2. The Kier molecular flexibility index (Phi) is 4.08. The molecule has 2 rings (SSSR count). The molecule has 0 aromatic carbocycles. The number of piperidine rings is 1. The van der Waals surface area contributed by atoms with E-state index in [1.807, 2.05) is 0 Å². The monoisotopic (exact) mass is 279 g/mol. The second kappa shape index (κ2) is 5.59. The van der Waals surface area contributed by atoms with Gasteiger partial charge in [-0.3, -0.25) is 4.79 Å². The van der Waals surface area contributed by atoms with Gasteiger partial charge in [0.15, 0.2) is 5.78 Å². The summed E-state index contributed by atoms with van der Waals surface area (Å²) < 4.78 is 0. The average molecular weight is 279 g/mol. The van der Waals surface area contributed by atoms with E-state index in [2.05, 4.69) is 11.0 Å². The normalized spacial score (nSPS) is 16.4. The van der Waals surface area contributed by atoms with Gasteiger partial charge >= 0.3 is 0 Å². The Bertz CT molecular complexity index is 525. The minimum Gasteiger partial charge on any atom is -0.396 e. The van der Waals surface area contributed by atoms with E-state index < -0.39 is 0 Å². The molecule has 0 amide bonds. The van der Waals surface area contributed by atoms with E-state index in [0.29, 0.717) is 22.0 Å². The van der Waals surface area contributed by atoms with E-state index in [1.54, 1.807) is 0 Å². The fourth-order valence-corrected chi connectivity index (χ4v) is 3.46. The highest BCUT2D eigenvalue weighted by atomic mass is 32.1. The number of nitrogens with zero attached hydrogens (tertiary/aromatic N) is 2. The molecule has 0 radical (unpaired) electrons. The number of hydrogen-bond donors (Lipinski definition) is 2. The largest absolute Gasteiger partial charge is 0.396 e. The van der Waals surface area contributed by atoms with Crippen LogP contribution in [0.25, 0.3) is 0 Å². The first-order valence-corrected chi connectivity index (χ1v) is 7.09. The smallest absolute Gasteiger partial charge is 0.171 e. The second-order valence-corrected chi connectivity index (χ2v) is 5.81. The van der Waals surface area contributed by atoms with Crippen LogP contribution in [0.5, 0.6) is 0 Å². The highest BCUT2D eigenvalue weighted by molar-refractivity contribution is 7.19. The van der Waals surface area contributed by atoms with Crippen molar-refractivity contribution in [3.05, 3.63) is 10.4 Å². The van der Waals surface area contributed by atoms with Crippen LogP contribution in [0, 0.1) is 17.2 Å². The summed E-state index contributed by atoms with van der Waals surface area (Å²) >= 11 is 1.30. The van der Waals surface area contributed by atoms with Crippen molar-refractivity contribution >= 4 is 27.8 Å². The van der Waals surface area contributed by atoms with Crippen LogP contribution in [-0.4, -0.2) is 30.6 Å². The molecule has 1 aliphatic heterocycles. The van der Waals surface area contributed by atoms with Crippen molar-refractivity contribution in [2.45, 2.75) is 19.8 Å². The lowest BCUT2D eigenvalue weighted by molar-refractivity contribution is 0.102. The van der Waals surface area contributed by atoms with Gasteiger partial charge in [-0.25, -0.2) is 0 Å². The molecule has 102 valence electrons. The van der Waals surface area contributed by atoms with Gasteiger partial charge in [-0.2, -0.15) is 5.26 Å². The summed E-state index contributed by atoms with van der Waals surface area (Å²) in [6.45, 7) is 3.25. The van der Waals surface area contributed by atoms with E-state index in [4.69, 9.17) is 10.8 Å². The molecule has 1 aliphatic rings. The van der Waals surface area contributed by atoms with E-state index in [-0.39, 0.29) is 12.4 Å². The van der Waals surface area contributed by atoms with Gasteiger partial charge in [-0.05, 0) is 18.8 Å². The number of aliphatic hydroxyl groups excluding tert-OH is 1. The van der Waals surface area contributed by atoms with Crippen molar-refractivity contribution in [2.24, 2.45) is 5.92 Å². The highest BCUT2D eigenvalue weighted by Crippen LogP contribution is 2.39. The lowest BCUT2D eigenvalue weighted by atomic mass is 9.98. The van der Waals surface area contributed by atoms with Gasteiger partial charge in [0.25, 0.3) is 0 Å². The van der Waals surface area contributed by atoms with Gasteiger partial charge in [0.05, 0.1) is 10.6 Å². The Morgan fingerprint density at radius 1 is 1.58 bits per heavy atom. The molecule has 0 unspecified atom stereocenters. The molecular weight excluding hydrogens is 262 g/mol.